The Labute approximate surface area is 169 Å². The van der Waals surface area contributed by atoms with Gasteiger partial charge < -0.3 is 14.4 Å². The standard InChI is InChI=1S/C23H37NO4/c1-4-5-9-27-10-8-18(14-20(25)26)22-21(17-6-7-17)23(28-24-22)19-12-16(13-19)11-15(2)3/h15-19H,4-14H2,1-3H3,(H,25,26)/t16-,18-,19+/m1/s1. The number of carboxylic acid groups (broad SMARTS) is 1. The highest BCUT2D eigenvalue weighted by atomic mass is 16.5. The zero-order valence-electron chi connectivity index (χ0n) is 17.8. The van der Waals surface area contributed by atoms with Crippen LogP contribution >= 0.6 is 0 Å². The van der Waals surface area contributed by atoms with Crippen LogP contribution in [-0.4, -0.2) is 29.4 Å². The maximum Gasteiger partial charge on any atom is 0.304 e. The fourth-order valence-corrected chi connectivity index (χ4v) is 4.62. The van der Waals surface area contributed by atoms with Gasteiger partial charge in [0, 0.05) is 30.6 Å². The Morgan fingerprint density at radius 3 is 2.61 bits per heavy atom. The molecule has 2 aliphatic carbocycles. The van der Waals surface area contributed by atoms with Gasteiger partial charge in [-0.2, -0.15) is 0 Å². The first-order valence-corrected chi connectivity index (χ1v) is 11.3. The Kier molecular flexibility index (Phi) is 7.55. The normalized spacial score (nSPS) is 23.0. The lowest BCUT2D eigenvalue weighted by Crippen LogP contribution is -2.23. The van der Waals surface area contributed by atoms with E-state index >= 15 is 0 Å². The summed E-state index contributed by atoms with van der Waals surface area (Å²) in [6, 6.07) is 0. The molecule has 2 aliphatic rings. The number of aliphatic carboxylic acids is 1. The van der Waals surface area contributed by atoms with Crippen molar-refractivity contribution in [2.24, 2.45) is 11.8 Å². The van der Waals surface area contributed by atoms with Gasteiger partial charge in [0.2, 0.25) is 0 Å². The van der Waals surface area contributed by atoms with Crippen LogP contribution in [-0.2, 0) is 9.53 Å². The smallest absolute Gasteiger partial charge is 0.304 e. The van der Waals surface area contributed by atoms with E-state index in [0.717, 1.165) is 42.7 Å². The molecule has 0 amide bonds. The first-order valence-electron chi connectivity index (χ1n) is 11.3. The molecule has 0 aromatic carbocycles. The Bertz CT molecular complexity index is 629. The predicted molar refractivity (Wildman–Crippen MR) is 109 cm³/mol. The van der Waals surface area contributed by atoms with Crippen molar-refractivity contribution in [3.63, 3.8) is 0 Å². The van der Waals surface area contributed by atoms with E-state index in [9.17, 15) is 9.90 Å². The molecule has 1 aromatic rings. The van der Waals surface area contributed by atoms with Gasteiger partial charge >= 0.3 is 5.97 Å². The Morgan fingerprint density at radius 2 is 2.00 bits per heavy atom. The Balaban J connectivity index is 1.68. The van der Waals surface area contributed by atoms with Crippen molar-refractivity contribution in [2.75, 3.05) is 13.2 Å². The highest BCUT2D eigenvalue weighted by molar-refractivity contribution is 5.68. The lowest BCUT2D eigenvalue weighted by atomic mass is 9.69. The summed E-state index contributed by atoms with van der Waals surface area (Å²) in [5.74, 6) is 2.73. The number of unbranched alkanes of at least 4 members (excludes halogenated alkanes) is 1. The van der Waals surface area contributed by atoms with E-state index in [-0.39, 0.29) is 12.3 Å². The largest absolute Gasteiger partial charge is 0.481 e. The van der Waals surface area contributed by atoms with Crippen molar-refractivity contribution in [3.8, 4) is 0 Å². The van der Waals surface area contributed by atoms with Gasteiger partial charge in [-0.3, -0.25) is 4.79 Å². The van der Waals surface area contributed by atoms with Crippen LogP contribution in [0.15, 0.2) is 4.52 Å². The molecule has 0 radical (unpaired) electrons. The predicted octanol–water partition coefficient (Wildman–Crippen LogP) is 5.86. The first kappa shape index (κ1) is 21.4. The van der Waals surface area contributed by atoms with Gasteiger partial charge in [-0.15, -0.1) is 0 Å². The van der Waals surface area contributed by atoms with E-state index in [1.54, 1.807) is 0 Å². The Hall–Kier alpha value is -1.36. The van der Waals surface area contributed by atoms with Crippen LogP contribution in [0.2, 0.25) is 0 Å². The molecular formula is C23H37NO4. The summed E-state index contributed by atoms with van der Waals surface area (Å²) in [4.78, 5) is 11.5. The number of rotatable bonds is 13. The molecule has 1 heterocycles. The monoisotopic (exact) mass is 391 g/mol. The van der Waals surface area contributed by atoms with E-state index in [0.29, 0.717) is 24.9 Å². The number of carboxylic acids is 1. The first-order chi connectivity index (χ1) is 13.5. The highest BCUT2D eigenvalue weighted by Crippen LogP contribution is 2.52. The van der Waals surface area contributed by atoms with Crippen molar-refractivity contribution in [3.05, 3.63) is 17.0 Å². The maximum atomic E-state index is 11.5. The minimum absolute atomic E-state index is 0.101. The summed E-state index contributed by atoms with van der Waals surface area (Å²) < 4.78 is 11.6. The second kappa shape index (κ2) is 9.91. The molecule has 1 aromatic heterocycles. The van der Waals surface area contributed by atoms with Gasteiger partial charge in [0.05, 0.1) is 12.1 Å². The summed E-state index contributed by atoms with van der Waals surface area (Å²) in [5.41, 5.74) is 2.17. The van der Waals surface area contributed by atoms with Crippen LogP contribution in [0, 0.1) is 11.8 Å². The summed E-state index contributed by atoms with van der Waals surface area (Å²) in [6.07, 6.45) is 8.97. The number of ether oxygens (including phenoxy) is 1. The van der Waals surface area contributed by atoms with E-state index in [1.807, 2.05) is 0 Å². The molecule has 2 saturated carbocycles. The zero-order valence-corrected chi connectivity index (χ0v) is 17.8. The second-order valence-corrected chi connectivity index (χ2v) is 9.33. The third-order valence-corrected chi connectivity index (χ3v) is 6.24. The van der Waals surface area contributed by atoms with E-state index in [4.69, 9.17) is 9.26 Å². The molecule has 0 aliphatic heterocycles. The third-order valence-electron chi connectivity index (χ3n) is 6.24. The molecule has 158 valence electrons. The summed E-state index contributed by atoms with van der Waals surface area (Å²) in [5, 5.41) is 13.9. The van der Waals surface area contributed by atoms with E-state index in [2.05, 4.69) is 25.9 Å². The van der Waals surface area contributed by atoms with E-state index in [1.165, 1.54) is 37.7 Å². The van der Waals surface area contributed by atoms with Crippen LogP contribution in [0.3, 0.4) is 0 Å². The molecule has 0 unspecified atom stereocenters. The van der Waals surface area contributed by atoms with Gasteiger partial charge in [-0.05, 0) is 62.7 Å². The summed E-state index contributed by atoms with van der Waals surface area (Å²) in [6.45, 7) is 8.05. The zero-order chi connectivity index (χ0) is 20.1. The molecule has 3 rings (SSSR count). The van der Waals surface area contributed by atoms with E-state index < -0.39 is 5.97 Å². The Morgan fingerprint density at radius 1 is 1.25 bits per heavy atom. The van der Waals surface area contributed by atoms with Crippen LogP contribution in [0.25, 0.3) is 0 Å². The number of aromatic nitrogens is 1. The maximum absolute atomic E-state index is 11.5. The number of nitrogens with zero attached hydrogens (tertiary/aromatic N) is 1. The molecule has 0 spiro atoms. The van der Waals surface area contributed by atoms with Crippen molar-refractivity contribution < 1.29 is 19.2 Å². The van der Waals surface area contributed by atoms with Gasteiger partial charge in [-0.25, -0.2) is 0 Å². The van der Waals surface area contributed by atoms with Crippen molar-refractivity contribution in [1.82, 2.24) is 5.16 Å². The van der Waals surface area contributed by atoms with Crippen molar-refractivity contribution >= 4 is 5.97 Å². The number of hydrogen-bond donors (Lipinski definition) is 1. The highest BCUT2D eigenvalue weighted by Gasteiger charge is 2.41. The number of carbonyl (C=O) groups is 1. The van der Waals surface area contributed by atoms with Crippen molar-refractivity contribution in [1.29, 1.82) is 0 Å². The van der Waals surface area contributed by atoms with Gasteiger partial charge in [0.25, 0.3) is 0 Å². The lowest BCUT2D eigenvalue weighted by molar-refractivity contribution is -0.137. The minimum Gasteiger partial charge on any atom is -0.481 e. The molecule has 0 saturated heterocycles. The van der Waals surface area contributed by atoms with Crippen LogP contribution in [0.1, 0.15) is 113 Å². The fourth-order valence-electron chi connectivity index (χ4n) is 4.62. The fraction of sp³-hybridized carbons (Fsp3) is 0.826. The molecule has 0 bridgehead atoms. The number of hydrogen-bond acceptors (Lipinski definition) is 4. The lowest BCUT2D eigenvalue weighted by Gasteiger charge is -2.35. The molecule has 2 fully saturated rings. The SMILES string of the molecule is CCCCOCC[C@H](CC(=O)O)c1noc([C@H]2C[C@@H](CC(C)C)C2)c1C1CC1. The molecule has 28 heavy (non-hydrogen) atoms. The quantitative estimate of drug-likeness (QED) is 0.427. The van der Waals surface area contributed by atoms with Gasteiger partial charge in [0.1, 0.15) is 5.76 Å². The van der Waals surface area contributed by atoms with Crippen molar-refractivity contribution in [2.45, 2.75) is 96.3 Å². The molecule has 1 N–H and O–H groups in total. The van der Waals surface area contributed by atoms with Gasteiger partial charge in [-0.1, -0.05) is 32.3 Å². The van der Waals surface area contributed by atoms with Crippen LogP contribution < -0.4 is 0 Å². The second-order valence-electron chi connectivity index (χ2n) is 9.33. The van der Waals surface area contributed by atoms with Crippen LogP contribution in [0.4, 0.5) is 0 Å². The third kappa shape index (κ3) is 5.59. The molecular weight excluding hydrogens is 354 g/mol. The average Bonchev–Trinajstić information content (AvgIpc) is 3.35. The summed E-state index contributed by atoms with van der Waals surface area (Å²) in [7, 11) is 0. The average molecular weight is 392 g/mol. The van der Waals surface area contributed by atoms with Gasteiger partial charge in [0.15, 0.2) is 0 Å². The summed E-state index contributed by atoms with van der Waals surface area (Å²) >= 11 is 0. The molecule has 1 atom stereocenters. The molecule has 5 heteroatoms. The topological polar surface area (TPSA) is 72.6 Å². The van der Waals surface area contributed by atoms with Crippen LogP contribution in [0.5, 0.6) is 0 Å². The minimum atomic E-state index is -0.773. The molecule has 5 nitrogen and oxygen atoms in total.